The monoisotopic (exact) mass is 396 g/mol. The normalized spacial score (nSPS) is 11.3. The van der Waals surface area contributed by atoms with Crippen LogP contribution in [0.1, 0.15) is 42.1 Å². The molecular formula is C24H24N6. The van der Waals surface area contributed by atoms with Crippen molar-refractivity contribution in [3.63, 3.8) is 0 Å². The van der Waals surface area contributed by atoms with Crippen LogP contribution in [0.5, 0.6) is 0 Å². The van der Waals surface area contributed by atoms with Gasteiger partial charge in [0.2, 0.25) is 0 Å². The first-order chi connectivity index (χ1) is 14.3. The molecule has 1 aromatic carbocycles. The molecule has 0 aliphatic carbocycles. The average molecular weight is 396 g/mol. The van der Waals surface area contributed by atoms with Crippen molar-refractivity contribution >= 4 is 23.2 Å². The number of hydrogen-bond donors (Lipinski definition) is 3. The number of nitriles is 1. The zero-order valence-corrected chi connectivity index (χ0v) is 17.3. The fraction of sp³-hybridized carbons (Fsp3) is 0.167. The Morgan fingerprint density at radius 1 is 1.23 bits per heavy atom. The van der Waals surface area contributed by atoms with Crippen LogP contribution in [0.15, 0.2) is 61.6 Å². The van der Waals surface area contributed by atoms with Gasteiger partial charge in [-0.2, -0.15) is 5.26 Å². The van der Waals surface area contributed by atoms with E-state index >= 15 is 0 Å². The van der Waals surface area contributed by atoms with Crippen LogP contribution in [0.2, 0.25) is 0 Å². The zero-order valence-electron chi connectivity index (χ0n) is 17.3. The highest BCUT2D eigenvalue weighted by Gasteiger charge is 2.21. The summed E-state index contributed by atoms with van der Waals surface area (Å²) in [6, 6.07) is 11.9. The van der Waals surface area contributed by atoms with Crippen LogP contribution in [-0.4, -0.2) is 20.7 Å². The van der Waals surface area contributed by atoms with Gasteiger partial charge < -0.3 is 15.7 Å². The number of nitrogens with one attached hydrogen (secondary N) is 3. The molecule has 6 heteroatoms. The SMILES string of the molecule is C=C(Nc1ccc(C)c(C(=N)/C=C\c2ncc[nH]2)c1)c1ccnc(C(C)(C)C#N)c1. The van der Waals surface area contributed by atoms with E-state index in [0.29, 0.717) is 22.9 Å². The van der Waals surface area contributed by atoms with Crippen molar-refractivity contribution in [3.8, 4) is 6.07 Å². The number of nitrogens with zero attached hydrogens (tertiary/aromatic N) is 3. The van der Waals surface area contributed by atoms with Gasteiger partial charge in [-0.3, -0.25) is 4.98 Å². The topological polar surface area (TPSA) is 101 Å². The molecule has 0 atom stereocenters. The number of aryl methyl sites for hydroxylation is 1. The van der Waals surface area contributed by atoms with Crippen LogP contribution < -0.4 is 5.32 Å². The third-order valence-corrected chi connectivity index (χ3v) is 4.78. The summed E-state index contributed by atoms with van der Waals surface area (Å²) in [5.74, 6) is 0.703. The minimum absolute atomic E-state index is 0.389. The molecule has 150 valence electrons. The van der Waals surface area contributed by atoms with Crippen molar-refractivity contribution < 1.29 is 0 Å². The van der Waals surface area contributed by atoms with Crippen molar-refractivity contribution in [1.29, 1.82) is 10.7 Å². The van der Waals surface area contributed by atoms with Gasteiger partial charge in [-0.1, -0.05) is 12.6 Å². The Hall–Kier alpha value is -3.98. The summed E-state index contributed by atoms with van der Waals surface area (Å²) < 4.78 is 0. The van der Waals surface area contributed by atoms with E-state index in [2.05, 4.69) is 32.9 Å². The number of allylic oxidation sites excluding steroid dienone is 1. The van der Waals surface area contributed by atoms with Gasteiger partial charge in [-0.25, -0.2) is 4.98 Å². The largest absolute Gasteiger partial charge is 0.356 e. The van der Waals surface area contributed by atoms with Crippen LogP contribution in [0.25, 0.3) is 11.8 Å². The van der Waals surface area contributed by atoms with E-state index < -0.39 is 5.41 Å². The Balaban J connectivity index is 1.80. The highest BCUT2D eigenvalue weighted by Crippen LogP contribution is 2.25. The third-order valence-electron chi connectivity index (χ3n) is 4.78. The number of pyridine rings is 1. The minimum Gasteiger partial charge on any atom is -0.356 e. The second-order valence-corrected chi connectivity index (χ2v) is 7.52. The fourth-order valence-electron chi connectivity index (χ4n) is 2.87. The lowest BCUT2D eigenvalue weighted by Gasteiger charge is -2.17. The summed E-state index contributed by atoms with van der Waals surface area (Å²) in [7, 11) is 0. The van der Waals surface area contributed by atoms with E-state index in [1.807, 2.05) is 51.1 Å². The number of hydrogen-bond acceptors (Lipinski definition) is 5. The number of benzene rings is 1. The molecule has 3 aromatic rings. The molecule has 3 rings (SSSR count). The van der Waals surface area contributed by atoms with Gasteiger partial charge >= 0.3 is 0 Å². The Morgan fingerprint density at radius 3 is 2.73 bits per heavy atom. The van der Waals surface area contributed by atoms with Crippen LogP contribution in [0.4, 0.5) is 5.69 Å². The van der Waals surface area contributed by atoms with E-state index in [1.165, 1.54) is 0 Å². The van der Waals surface area contributed by atoms with E-state index in [-0.39, 0.29) is 0 Å². The average Bonchev–Trinajstić information content (AvgIpc) is 3.27. The quantitative estimate of drug-likeness (QED) is 0.485. The lowest BCUT2D eigenvalue weighted by molar-refractivity contribution is 0.659. The summed E-state index contributed by atoms with van der Waals surface area (Å²) in [5.41, 5.74) is 4.61. The van der Waals surface area contributed by atoms with E-state index in [9.17, 15) is 5.26 Å². The molecule has 0 unspecified atom stereocenters. The fourth-order valence-corrected chi connectivity index (χ4v) is 2.87. The molecule has 0 fully saturated rings. The van der Waals surface area contributed by atoms with Gasteiger partial charge in [0, 0.05) is 41.1 Å². The molecule has 3 N–H and O–H groups in total. The number of H-pyrrole nitrogens is 1. The maximum Gasteiger partial charge on any atom is 0.129 e. The molecule has 2 aromatic heterocycles. The summed E-state index contributed by atoms with van der Waals surface area (Å²) in [6.45, 7) is 9.78. The molecule has 0 bridgehead atoms. The van der Waals surface area contributed by atoms with Crippen LogP contribution in [-0.2, 0) is 5.41 Å². The Labute approximate surface area is 176 Å². The number of rotatable bonds is 7. The van der Waals surface area contributed by atoms with Crippen molar-refractivity contribution in [2.75, 3.05) is 5.32 Å². The molecule has 2 heterocycles. The molecule has 0 radical (unpaired) electrons. The standard InChI is InChI=1S/C24H24N6/c1-16-5-6-19(14-20(16)21(26)7-8-23-28-11-12-29-23)30-17(2)18-9-10-27-22(13-18)24(3,4)15-25/h5-14,26,30H,2H2,1,3-4H3,(H,28,29)/b8-7-,26-21?. The Morgan fingerprint density at radius 2 is 2.03 bits per heavy atom. The maximum atomic E-state index is 9.37. The van der Waals surface area contributed by atoms with Gasteiger partial charge in [0.1, 0.15) is 5.82 Å². The molecule has 0 saturated heterocycles. The van der Waals surface area contributed by atoms with Gasteiger partial charge in [0.05, 0.1) is 22.9 Å². The maximum absolute atomic E-state index is 9.37. The lowest BCUT2D eigenvalue weighted by atomic mass is 9.90. The van der Waals surface area contributed by atoms with Crippen molar-refractivity contribution in [2.24, 2.45) is 0 Å². The molecule has 0 saturated carbocycles. The molecule has 0 amide bonds. The molecule has 6 nitrogen and oxygen atoms in total. The van der Waals surface area contributed by atoms with Crippen molar-refractivity contribution in [2.45, 2.75) is 26.2 Å². The molecular weight excluding hydrogens is 372 g/mol. The van der Waals surface area contributed by atoms with E-state index in [4.69, 9.17) is 5.41 Å². The van der Waals surface area contributed by atoms with Gasteiger partial charge in [-0.15, -0.1) is 0 Å². The van der Waals surface area contributed by atoms with Crippen LogP contribution in [0, 0.1) is 23.7 Å². The first-order valence-electron chi connectivity index (χ1n) is 9.51. The predicted molar refractivity (Wildman–Crippen MR) is 121 cm³/mol. The molecule has 0 aliphatic heterocycles. The molecule has 0 aliphatic rings. The summed E-state index contributed by atoms with van der Waals surface area (Å²) >= 11 is 0. The van der Waals surface area contributed by atoms with Crippen LogP contribution >= 0.6 is 0 Å². The van der Waals surface area contributed by atoms with Crippen molar-refractivity contribution in [1.82, 2.24) is 15.0 Å². The first kappa shape index (κ1) is 20.7. The smallest absolute Gasteiger partial charge is 0.129 e. The molecule has 0 spiro atoms. The van der Waals surface area contributed by atoms with Crippen LogP contribution in [0.3, 0.4) is 0 Å². The summed E-state index contributed by atoms with van der Waals surface area (Å²) in [5, 5.41) is 21.1. The summed E-state index contributed by atoms with van der Waals surface area (Å²) in [6.07, 6.45) is 8.60. The first-order valence-corrected chi connectivity index (χ1v) is 9.51. The number of anilines is 1. The predicted octanol–water partition coefficient (Wildman–Crippen LogP) is 5.08. The Kier molecular flexibility index (Phi) is 5.93. The van der Waals surface area contributed by atoms with E-state index in [0.717, 1.165) is 22.4 Å². The van der Waals surface area contributed by atoms with Crippen molar-refractivity contribution in [3.05, 3.63) is 89.8 Å². The number of aromatic amines is 1. The third kappa shape index (κ3) is 4.70. The minimum atomic E-state index is -0.678. The van der Waals surface area contributed by atoms with Gasteiger partial charge in [0.15, 0.2) is 0 Å². The van der Waals surface area contributed by atoms with E-state index in [1.54, 1.807) is 30.7 Å². The highest BCUT2D eigenvalue weighted by atomic mass is 14.9. The second kappa shape index (κ2) is 8.58. The highest BCUT2D eigenvalue weighted by molar-refractivity contribution is 6.10. The van der Waals surface area contributed by atoms with Gasteiger partial charge in [0.25, 0.3) is 0 Å². The zero-order chi connectivity index (χ0) is 21.7. The lowest BCUT2D eigenvalue weighted by Crippen LogP contribution is -2.16. The summed E-state index contributed by atoms with van der Waals surface area (Å²) in [4.78, 5) is 11.5. The molecule has 30 heavy (non-hydrogen) atoms. The second-order valence-electron chi connectivity index (χ2n) is 7.52. The Bertz CT molecular complexity index is 1150. The number of aromatic nitrogens is 3. The van der Waals surface area contributed by atoms with Gasteiger partial charge in [-0.05, 0) is 62.8 Å². The number of imidazole rings is 1.